The summed E-state index contributed by atoms with van der Waals surface area (Å²) in [4.78, 5) is 11.4. The highest BCUT2D eigenvalue weighted by Crippen LogP contribution is 2.27. The van der Waals surface area contributed by atoms with Gasteiger partial charge in [0.2, 0.25) is 5.95 Å². The van der Waals surface area contributed by atoms with Gasteiger partial charge in [-0.15, -0.1) is 0 Å². The lowest BCUT2D eigenvalue weighted by Crippen LogP contribution is -2.37. The van der Waals surface area contributed by atoms with Crippen LogP contribution in [0.15, 0.2) is 12.3 Å². The smallest absolute Gasteiger partial charge is 0.225 e. The largest absolute Gasteiger partial charge is 0.338 e. The second-order valence-corrected chi connectivity index (χ2v) is 5.54. The molecule has 1 aromatic heterocycles. The number of rotatable bonds is 5. The third-order valence-corrected chi connectivity index (χ3v) is 3.49. The molecule has 2 N–H and O–H groups in total. The van der Waals surface area contributed by atoms with Crippen LogP contribution in [0.1, 0.15) is 45.2 Å². The highest BCUT2D eigenvalue weighted by molar-refractivity contribution is 5.32. The Morgan fingerprint density at radius 1 is 1.39 bits per heavy atom. The number of aromatic nitrogens is 2. The minimum atomic E-state index is 0.482. The van der Waals surface area contributed by atoms with Crippen molar-refractivity contribution in [1.82, 2.24) is 9.97 Å². The summed E-state index contributed by atoms with van der Waals surface area (Å²) < 4.78 is 0. The molecule has 4 nitrogen and oxygen atoms in total. The molecule has 4 heteroatoms. The summed E-state index contributed by atoms with van der Waals surface area (Å²) in [6.45, 7) is 6.00. The third-order valence-electron chi connectivity index (χ3n) is 3.49. The maximum atomic E-state index is 5.66. The number of hydrogen-bond acceptors (Lipinski definition) is 4. The zero-order valence-electron chi connectivity index (χ0n) is 11.5. The van der Waals surface area contributed by atoms with E-state index in [1.807, 2.05) is 12.3 Å². The molecule has 0 unspecified atom stereocenters. The van der Waals surface area contributed by atoms with Crippen molar-refractivity contribution in [3.8, 4) is 0 Å². The number of nitrogens with two attached hydrogens (primary N) is 1. The molecule has 1 aromatic rings. The lowest BCUT2D eigenvalue weighted by atomic mass is 10.1. The molecule has 1 aliphatic carbocycles. The number of anilines is 1. The van der Waals surface area contributed by atoms with Crippen LogP contribution in [0.5, 0.6) is 0 Å². The highest BCUT2D eigenvalue weighted by atomic mass is 15.3. The Bertz CT molecular complexity index is 372. The van der Waals surface area contributed by atoms with Crippen LogP contribution in [-0.4, -0.2) is 22.6 Å². The molecule has 0 bridgehead atoms. The molecule has 0 spiro atoms. The van der Waals surface area contributed by atoms with Crippen molar-refractivity contribution in [2.24, 2.45) is 11.7 Å². The molecule has 0 aliphatic heterocycles. The van der Waals surface area contributed by atoms with Gasteiger partial charge in [-0.25, -0.2) is 9.97 Å². The van der Waals surface area contributed by atoms with E-state index in [1.54, 1.807) is 0 Å². The second-order valence-electron chi connectivity index (χ2n) is 5.54. The summed E-state index contributed by atoms with van der Waals surface area (Å²) in [6.07, 6.45) is 7.02. The zero-order valence-corrected chi connectivity index (χ0v) is 11.5. The fraction of sp³-hybridized carbons (Fsp3) is 0.714. The Morgan fingerprint density at radius 3 is 2.72 bits per heavy atom. The summed E-state index contributed by atoms with van der Waals surface area (Å²) >= 11 is 0. The van der Waals surface area contributed by atoms with Crippen LogP contribution in [-0.2, 0) is 6.54 Å². The Kier molecular flexibility index (Phi) is 4.53. The average molecular weight is 248 g/mol. The Morgan fingerprint density at radius 2 is 2.11 bits per heavy atom. The predicted molar refractivity (Wildman–Crippen MR) is 74.4 cm³/mol. The van der Waals surface area contributed by atoms with Gasteiger partial charge in [0, 0.05) is 25.3 Å². The maximum Gasteiger partial charge on any atom is 0.225 e. The van der Waals surface area contributed by atoms with Gasteiger partial charge in [0.05, 0.1) is 5.69 Å². The monoisotopic (exact) mass is 248 g/mol. The van der Waals surface area contributed by atoms with Gasteiger partial charge in [-0.05, 0) is 24.8 Å². The molecule has 0 saturated heterocycles. The summed E-state index contributed by atoms with van der Waals surface area (Å²) in [5, 5.41) is 0. The van der Waals surface area contributed by atoms with Crippen LogP contribution in [0.25, 0.3) is 0 Å². The number of hydrogen-bond donors (Lipinski definition) is 1. The van der Waals surface area contributed by atoms with E-state index >= 15 is 0 Å². The van der Waals surface area contributed by atoms with Crippen LogP contribution in [0, 0.1) is 5.92 Å². The highest BCUT2D eigenvalue weighted by Gasteiger charge is 2.25. The Labute approximate surface area is 110 Å². The van der Waals surface area contributed by atoms with Gasteiger partial charge in [0.1, 0.15) is 0 Å². The normalized spacial score (nSPS) is 16.4. The summed E-state index contributed by atoms with van der Waals surface area (Å²) in [5.41, 5.74) is 6.59. The first-order valence-corrected chi connectivity index (χ1v) is 6.99. The lowest BCUT2D eigenvalue weighted by molar-refractivity contribution is 0.525. The molecule has 1 heterocycles. The molecule has 1 aliphatic rings. The van der Waals surface area contributed by atoms with Crippen molar-refractivity contribution < 1.29 is 0 Å². The standard InChI is InChI=1S/C14H24N4/c1-11(2)10-18(13-5-3-4-6-13)14-16-8-7-12(9-15)17-14/h7-8,11,13H,3-6,9-10,15H2,1-2H3. The minimum absolute atomic E-state index is 0.482. The van der Waals surface area contributed by atoms with E-state index in [1.165, 1.54) is 25.7 Å². The van der Waals surface area contributed by atoms with Gasteiger partial charge in [0.25, 0.3) is 0 Å². The van der Waals surface area contributed by atoms with E-state index in [0.29, 0.717) is 18.5 Å². The third kappa shape index (κ3) is 3.19. The van der Waals surface area contributed by atoms with Crippen LogP contribution < -0.4 is 10.6 Å². The van der Waals surface area contributed by atoms with Crippen LogP contribution in [0.2, 0.25) is 0 Å². The van der Waals surface area contributed by atoms with Gasteiger partial charge in [-0.3, -0.25) is 0 Å². The van der Waals surface area contributed by atoms with Gasteiger partial charge in [-0.1, -0.05) is 26.7 Å². The molecule has 2 rings (SSSR count). The van der Waals surface area contributed by atoms with Crippen LogP contribution in [0.3, 0.4) is 0 Å². The van der Waals surface area contributed by atoms with Gasteiger partial charge in [0.15, 0.2) is 0 Å². The molecule has 0 radical (unpaired) electrons. The van der Waals surface area contributed by atoms with E-state index in [4.69, 9.17) is 5.73 Å². The first-order valence-electron chi connectivity index (χ1n) is 6.99. The fourth-order valence-corrected chi connectivity index (χ4v) is 2.64. The summed E-state index contributed by atoms with van der Waals surface area (Å²) in [7, 11) is 0. The predicted octanol–water partition coefficient (Wildman–Crippen LogP) is 2.34. The van der Waals surface area contributed by atoms with E-state index in [-0.39, 0.29) is 0 Å². The van der Waals surface area contributed by atoms with Crippen molar-refractivity contribution in [2.75, 3.05) is 11.4 Å². The molecule has 1 fully saturated rings. The molecule has 1 saturated carbocycles. The molecule has 0 aromatic carbocycles. The SMILES string of the molecule is CC(C)CN(c1nccc(CN)n1)C1CCCC1. The van der Waals surface area contributed by atoms with Gasteiger partial charge in [-0.2, -0.15) is 0 Å². The average Bonchev–Trinajstić information content (AvgIpc) is 2.89. The topological polar surface area (TPSA) is 55.0 Å². The second kappa shape index (κ2) is 6.14. The summed E-state index contributed by atoms with van der Waals surface area (Å²) in [5.74, 6) is 1.48. The lowest BCUT2D eigenvalue weighted by Gasteiger charge is -2.30. The molecule has 0 amide bonds. The fourth-order valence-electron chi connectivity index (χ4n) is 2.64. The van der Waals surface area contributed by atoms with Crippen LogP contribution in [0.4, 0.5) is 5.95 Å². The molecule has 0 atom stereocenters. The van der Waals surface area contributed by atoms with E-state index in [9.17, 15) is 0 Å². The quantitative estimate of drug-likeness (QED) is 0.869. The molecular weight excluding hydrogens is 224 g/mol. The van der Waals surface area contributed by atoms with Crippen molar-refractivity contribution in [3.05, 3.63) is 18.0 Å². The molecular formula is C14H24N4. The maximum absolute atomic E-state index is 5.66. The molecule has 100 valence electrons. The number of nitrogens with zero attached hydrogens (tertiary/aromatic N) is 3. The zero-order chi connectivity index (χ0) is 13.0. The van der Waals surface area contributed by atoms with Gasteiger partial charge < -0.3 is 10.6 Å². The van der Waals surface area contributed by atoms with Crippen LogP contribution >= 0.6 is 0 Å². The van der Waals surface area contributed by atoms with Crippen molar-refractivity contribution >= 4 is 5.95 Å². The first-order chi connectivity index (χ1) is 8.70. The molecule has 18 heavy (non-hydrogen) atoms. The summed E-state index contributed by atoms with van der Waals surface area (Å²) in [6, 6.07) is 2.51. The van der Waals surface area contributed by atoms with Gasteiger partial charge >= 0.3 is 0 Å². The first kappa shape index (κ1) is 13.3. The van der Waals surface area contributed by atoms with Crippen molar-refractivity contribution in [1.29, 1.82) is 0 Å². The Balaban J connectivity index is 2.20. The van der Waals surface area contributed by atoms with Crippen molar-refractivity contribution in [3.63, 3.8) is 0 Å². The Hall–Kier alpha value is -1.16. The van der Waals surface area contributed by atoms with E-state index in [2.05, 4.69) is 28.7 Å². The minimum Gasteiger partial charge on any atom is -0.338 e. The van der Waals surface area contributed by atoms with Crippen molar-refractivity contribution in [2.45, 2.75) is 52.1 Å². The van der Waals surface area contributed by atoms with E-state index in [0.717, 1.165) is 18.2 Å². The van der Waals surface area contributed by atoms with E-state index < -0.39 is 0 Å².